The fourth-order valence-corrected chi connectivity index (χ4v) is 5.52. The van der Waals surface area contributed by atoms with Crippen molar-refractivity contribution >= 4 is 11.8 Å². The molecule has 0 unspecified atom stereocenters. The Morgan fingerprint density at radius 1 is 1.08 bits per heavy atom. The molecular formula is C27H33FN6O3. The zero-order valence-electron chi connectivity index (χ0n) is 21.1. The summed E-state index contributed by atoms with van der Waals surface area (Å²) in [6.45, 7) is 1.61. The maximum absolute atomic E-state index is 14.2. The molecule has 5 rings (SSSR count). The molecule has 2 heterocycles. The lowest BCUT2D eigenvalue weighted by atomic mass is 9.92. The van der Waals surface area contributed by atoms with E-state index in [1.807, 2.05) is 13.0 Å². The van der Waals surface area contributed by atoms with E-state index >= 15 is 0 Å². The van der Waals surface area contributed by atoms with Crippen LogP contribution in [0.5, 0.6) is 0 Å². The highest BCUT2D eigenvalue weighted by atomic mass is 19.1. The van der Waals surface area contributed by atoms with Crippen molar-refractivity contribution in [1.82, 2.24) is 30.4 Å². The number of nitrogens with zero attached hydrogens (tertiary/aromatic N) is 5. The van der Waals surface area contributed by atoms with E-state index in [1.54, 1.807) is 29.2 Å². The highest BCUT2D eigenvalue weighted by Crippen LogP contribution is 2.33. The van der Waals surface area contributed by atoms with E-state index in [1.165, 1.54) is 10.9 Å². The molecule has 2 aromatic heterocycles. The van der Waals surface area contributed by atoms with E-state index in [0.29, 0.717) is 11.5 Å². The highest BCUT2D eigenvalue weighted by molar-refractivity contribution is 5.88. The summed E-state index contributed by atoms with van der Waals surface area (Å²) >= 11 is 0. The lowest BCUT2D eigenvalue weighted by Gasteiger charge is -2.38. The first kappa shape index (κ1) is 25.1. The van der Waals surface area contributed by atoms with Gasteiger partial charge in [-0.15, -0.1) is 10.2 Å². The number of furan rings is 1. The third kappa shape index (κ3) is 5.73. The molecule has 3 aromatic rings. The van der Waals surface area contributed by atoms with Crippen molar-refractivity contribution in [3.63, 3.8) is 0 Å². The van der Waals surface area contributed by atoms with E-state index in [9.17, 15) is 14.0 Å². The number of nitrogens with one attached hydrogen (secondary N) is 1. The molecule has 1 N–H and O–H groups in total. The Bertz CT molecular complexity index is 1230. The minimum atomic E-state index is -0.889. The molecule has 196 valence electrons. The fourth-order valence-electron chi connectivity index (χ4n) is 5.52. The molecule has 2 saturated carbocycles. The van der Waals surface area contributed by atoms with Crippen molar-refractivity contribution in [2.45, 2.75) is 89.4 Å². The van der Waals surface area contributed by atoms with Gasteiger partial charge in [0, 0.05) is 12.1 Å². The lowest BCUT2D eigenvalue weighted by molar-refractivity contribution is -0.146. The molecule has 10 heteroatoms. The van der Waals surface area contributed by atoms with Crippen LogP contribution in [0.2, 0.25) is 0 Å². The number of benzene rings is 1. The van der Waals surface area contributed by atoms with Gasteiger partial charge in [-0.05, 0) is 62.1 Å². The minimum Gasteiger partial charge on any atom is -0.464 e. The van der Waals surface area contributed by atoms with Crippen LogP contribution in [0.3, 0.4) is 0 Å². The van der Waals surface area contributed by atoms with E-state index < -0.39 is 11.9 Å². The smallest absolute Gasteiger partial charge is 0.250 e. The van der Waals surface area contributed by atoms with Gasteiger partial charge in [-0.1, -0.05) is 44.2 Å². The van der Waals surface area contributed by atoms with Crippen molar-refractivity contribution < 1.29 is 18.4 Å². The van der Waals surface area contributed by atoms with Crippen LogP contribution < -0.4 is 5.32 Å². The molecule has 2 fully saturated rings. The van der Waals surface area contributed by atoms with Gasteiger partial charge in [0.1, 0.15) is 23.9 Å². The van der Waals surface area contributed by atoms with Gasteiger partial charge in [-0.3, -0.25) is 9.59 Å². The van der Waals surface area contributed by atoms with Crippen LogP contribution in [0.15, 0.2) is 40.8 Å². The number of aromatic nitrogens is 4. The first-order chi connectivity index (χ1) is 18.0. The SMILES string of the molecule is Cc1ccc([C@H](C(=O)NC2CCCC2)N(C(=O)Cn2nnc(-c3ccccc3F)n2)C2CCCCC2)o1. The highest BCUT2D eigenvalue weighted by Gasteiger charge is 2.39. The van der Waals surface area contributed by atoms with Crippen molar-refractivity contribution in [3.05, 3.63) is 53.7 Å². The molecule has 0 radical (unpaired) electrons. The Labute approximate surface area is 215 Å². The Kier molecular flexibility index (Phi) is 7.62. The first-order valence-corrected chi connectivity index (χ1v) is 13.2. The molecule has 1 aromatic carbocycles. The zero-order chi connectivity index (χ0) is 25.8. The van der Waals surface area contributed by atoms with Crippen LogP contribution in [-0.2, 0) is 16.1 Å². The van der Waals surface area contributed by atoms with Crippen molar-refractivity contribution in [3.8, 4) is 11.4 Å². The van der Waals surface area contributed by atoms with Crippen LogP contribution in [0.4, 0.5) is 4.39 Å². The Morgan fingerprint density at radius 2 is 1.81 bits per heavy atom. The lowest BCUT2D eigenvalue weighted by Crippen LogP contribution is -2.51. The molecular weight excluding hydrogens is 475 g/mol. The second-order valence-corrected chi connectivity index (χ2v) is 10.1. The van der Waals surface area contributed by atoms with Gasteiger partial charge in [0.05, 0.1) is 5.56 Å². The van der Waals surface area contributed by atoms with Gasteiger partial charge in [-0.25, -0.2) is 4.39 Å². The van der Waals surface area contributed by atoms with E-state index in [4.69, 9.17) is 4.42 Å². The van der Waals surface area contributed by atoms with Crippen molar-refractivity contribution in [2.24, 2.45) is 0 Å². The van der Waals surface area contributed by atoms with Gasteiger partial charge < -0.3 is 14.6 Å². The van der Waals surface area contributed by atoms with Gasteiger partial charge in [0.2, 0.25) is 11.7 Å². The second-order valence-electron chi connectivity index (χ2n) is 10.1. The van der Waals surface area contributed by atoms with Crippen molar-refractivity contribution in [1.29, 1.82) is 0 Å². The third-order valence-electron chi connectivity index (χ3n) is 7.36. The summed E-state index contributed by atoms with van der Waals surface area (Å²) in [5.74, 6) is 0.243. The summed E-state index contributed by atoms with van der Waals surface area (Å²) in [6, 6.07) is 8.86. The Balaban J connectivity index is 1.44. The van der Waals surface area contributed by atoms with Crippen molar-refractivity contribution in [2.75, 3.05) is 0 Å². The summed E-state index contributed by atoms with van der Waals surface area (Å²) in [7, 11) is 0. The summed E-state index contributed by atoms with van der Waals surface area (Å²) in [5, 5.41) is 15.4. The zero-order valence-corrected chi connectivity index (χ0v) is 21.1. The molecule has 1 atom stereocenters. The standard InChI is InChI=1S/C27H33FN6O3/c1-18-15-16-23(37-18)25(27(36)29-19-9-5-6-10-19)34(20-11-3-2-4-12-20)24(35)17-33-31-26(30-32-33)21-13-7-8-14-22(21)28/h7-8,13-16,19-20,25H,2-6,9-12,17H2,1H3,(H,29,36)/t25-/m1/s1. The molecule has 2 aliphatic carbocycles. The third-order valence-corrected chi connectivity index (χ3v) is 7.36. The number of amides is 2. The Morgan fingerprint density at radius 3 is 2.51 bits per heavy atom. The maximum Gasteiger partial charge on any atom is 0.250 e. The van der Waals surface area contributed by atoms with E-state index in [2.05, 4.69) is 20.7 Å². The largest absolute Gasteiger partial charge is 0.464 e. The molecule has 2 aliphatic rings. The van der Waals surface area contributed by atoms with Gasteiger partial charge in [0.15, 0.2) is 6.04 Å². The maximum atomic E-state index is 14.2. The predicted octanol–water partition coefficient (Wildman–Crippen LogP) is 4.34. The normalized spacial score (nSPS) is 17.6. The number of halogens is 1. The quantitative estimate of drug-likeness (QED) is 0.485. The van der Waals surface area contributed by atoms with Crippen LogP contribution in [0.25, 0.3) is 11.4 Å². The summed E-state index contributed by atoms with van der Waals surface area (Å²) in [6.07, 6.45) is 8.75. The number of tetrazole rings is 1. The minimum absolute atomic E-state index is 0.104. The summed E-state index contributed by atoms with van der Waals surface area (Å²) in [4.78, 5) is 30.4. The monoisotopic (exact) mass is 508 g/mol. The molecule has 0 bridgehead atoms. The van der Waals surface area contributed by atoms with Gasteiger partial charge in [0.25, 0.3) is 5.91 Å². The number of rotatable bonds is 8. The van der Waals surface area contributed by atoms with Crippen LogP contribution in [0, 0.1) is 12.7 Å². The summed E-state index contributed by atoms with van der Waals surface area (Å²) in [5.41, 5.74) is 0.213. The number of carbonyl (C=O) groups excluding carboxylic acids is 2. The van der Waals surface area contributed by atoms with Crippen LogP contribution in [0.1, 0.15) is 75.3 Å². The Hall–Kier alpha value is -3.56. The molecule has 0 saturated heterocycles. The number of aryl methyl sites for hydroxylation is 1. The van der Waals surface area contributed by atoms with Gasteiger partial charge in [-0.2, -0.15) is 4.80 Å². The average molecular weight is 509 g/mol. The van der Waals surface area contributed by atoms with E-state index in [0.717, 1.165) is 57.8 Å². The van der Waals surface area contributed by atoms with Gasteiger partial charge >= 0.3 is 0 Å². The molecule has 0 spiro atoms. The predicted molar refractivity (Wildman–Crippen MR) is 134 cm³/mol. The van der Waals surface area contributed by atoms with Crippen LogP contribution in [-0.4, -0.2) is 49.0 Å². The second kappa shape index (κ2) is 11.2. The molecule has 2 amide bonds. The topological polar surface area (TPSA) is 106 Å². The number of hydrogen-bond donors (Lipinski definition) is 1. The molecule has 37 heavy (non-hydrogen) atoms. The average Bonchev–Trinajstić information content (AvgIpc) is 3.66. The number of carbonyl (C=O) groups is 2. The first-order valence-electron chi connectivity index (χ1n) is 13.2. The molecule has 0 aliphatic heterocycles. The number of hydrogen-bond acceptors (Lipinski definition) is 6. The fraction of sp³-hybridized carbons (Fsp3) is 0.519. The summed E-state index contributed by atoms with van der Waals surface area (Å²) < 4.78 is 20.2. The van der Waals surface area contributed by atoms with Crippen LogP contribution >= 0.6 is 0 Å². The molecule has 9 nitrogen and oxygen atoms in total. The van der Waals surface area contributed by atoms with E-state index in [-0.39, 0.29) is 41.8 Å².